The highest BCUT2D eigenvalue weighted by Crippen LogP contribution is 2.38. The molecule has 1 N–H and O–H groups in total. The van der Waals surface area contributed by atoms with Gasteiger partial charge < -0.3 is 14.4 Å². The maximum absolute atomic E-state index is 11.1. The Morgan fingerprint density at radius 2 is 1.91 bits per heavy atom. The third-order valence-electron chi connectivity index (χ3n) is 5.82. The maximum atomic E-state index is 11.1. The second-order valence-corrected chi connectivity index (χ2v) is 8.04. The van der Waals surface area contributed by atoms with Crippen molar-refractivity contribution in [1.82, 2.24) is 10.1 Å². The smallest absolute Gasteiger partial charge is 0.141 e. The van der Waals surface area contributed by atoms with Crippen LogP contribution in [0.25, 0.3) is 16.7 Å². The highest BCUT2D eigenvalue weighted by atomic mass is 16.5. The van der Waals surface area contributed by atoms with Crippen LogP contribution >= 0.6 is 0 Å². The van der Waals surface area contributed by atoms with Crippen molar-refractivity contribution >= 4 is 5.57 Å². The fraction of sp³-hybridized carbons (Fsp3) is 0.185. The fourth-order valence-corrected chi connectivity index (χ4v) is 4.21. The second-order valence-electron chi connectivity index (χ2n) is 8.04. The van der Waals surface area contributed by atoms with E-state index >= 15 is 0 Å². The van der Waals surface area contributed by atoms with Gasteiger partial charge in [0.2, 0.25) is 0 Å². The highest BCUT2D eigenvalue weighted by molar-refractivity contribution is 5.77. The van der Waals surface area contributed by atoms with Gasteiger partial charge >= 0.3 is 0 Å². The molecule has 1 aliphatic carbocycles. The number of aliphatic hydroxyl groups excluding tert-OH is 1. The quantitative estimate of drug-likeness (QED) is 0.436. The van der Waals surface area contributed by atoms with Crippen LogP contribution < -0.4 is 4.74 Å². The van der Waals surface area contributed by atoms with Gasteiger partial charge in [-0.2, -0.15) is 0 Å². The molecule has 4 aromatic rings. The number of hydrogen-bond acceptors (Lipinski definition) is 5. The molecular weight excluding hydrogens is 400 g/mol. The molecule has 0 radical (unpaired) electrons. The predicted octanol–water partition coefficient (Wildman–Crippen LogP) is 5.61. The lowest BCUT2D eigenvalue weighted by Gasteiger charge is -2.15. The van der Waals surface area contributed by atoms with Crippen molar-refractivity contribution in [3.05, 3.63) is 107 Å². The van der Waals surface area contributed by atoms with Gasteiger partial charge in [-0.1, -0.05) is 53.7 Å². The summed E-state index contributed by atoms with van der Waals surface area (Å²) < 4.78 is 11.2. The van der Waals surface area contributed by atoms with Gasteiger partial charge in [-0.3, -0.25) is 4.98 Å². The topological polar surface area (TPSA) is 68.4 Å². The van der Waals surface area contributed by atoms with Crippen LogP contribution in [0.2, 0.25) is 0 Å². The summed E-state index contributed by atoms with van der Waals surface area (Å²) in [6.07, 6.45) is 3.85. The van der Waals surface area contributed by atoms with Crippen molar-refractivity contribution in [3.63, 3.8) is 0 Å². The van der Waals surface area contributed by atoms with Crippen molar-refractivity contribution in [3.8, 4) is 16.9 Å². The van der Waals surface area contributed by atoms with E-state index in [0.717, 1.165) is 62.7 Å². The van der Waals surface area contributed by atoms with Gasteiger partial charge in [-0.25, -0.2) is 0 Å². The predicted molar refractivity (Wildman–Crippen MR) is 123 cm³/mol. The van der Waals surface area contributed by atoms with E-state index in [1.165, 1.54) is 0 Å². The number of fused-ring (bicyclic) bond motifs is 1. The molecule has 2 aromatic carbocycles. The largest absolute Gasteiger partial charge is 0.489 e. The van der Waals surface area contributed by atoms with Crippen LogP contribution in [0.1, 0.15) is 39.9 Å². The van der Waals surface area contributed by atoms with E-state index in [0.29, 0.717) is 6.61 Å². The molecule has 2 aromatic heterocycles. The van der Waals surface area contributed by atoms with E-state index in [1.807, 2.05) is 74.6 Å². The van der Waals surface area contributed by atoms with Gasteiger partial charge in [0.15, 0.2) is 0 Å². The van der Waals surface area contributed by atoms with Gasteiger partial charge in [0.1, 0.15) is 24.2 Å². The molecule has 0 spiro atoms. The Kier molecular flexibility index (Phi) is 5.33. The summed E-state index contributed by atoms with van der Waals surface area (Å²) in [6, 6.07) is 19.8. The van der Waals surface area contributed by atoms with E-state index < -0.39 is 6.10 Å². The number of allylic oxidation sites excluding steroid dienone is 1. The number of hydrogen-bond donors (Lipinski definition) is 1. The third-order valence-corrected chi connectivity index (χ3v) is 5.82. The Morgan fingerprint density at radius 1 is 1.06 bits per heavy atom. The molecule has 5 heteroatoms. The van der Waals surface area contributed by atoms with Crippen LogP contribution in [0, 0.1) is 13.8 Å². The first-order chi connectivity index (χ1) is 15.6. The highest BCUT2D eigenvalue weighted by Gasteiger charge is 2.25. The minimum absolute atomic E-state index is 0.484. The Bertz CT molecular complexity index is 1270. The number of pyridine rings is 1. The van der Waals surface area contributed by atoms with E-state index in [-0.39, 0.29) is 0 Å². The van der Waals surface area contributed by atoms with Crippen molar-refractivity contribution in [2.24, 2.45) is 0 Å². The third kappa shape index (κ3) is 3.83. The first-order valence-electron chi connectivity index (χ1n) is 10.7. The minimum Gasteiger partial charge on any atom is -0.489 e. The number of rotatable bonds is 6. The van der Waals surface area contributed by atoms with Crippen molar-refractivity contribution < 1.29 is 14.4 Å². The number of benzene rings is 2. The van der Waals surface area contributed by atoms with Gasteiger partial charge in [0.05, 0.1) is 11.4 Å². The van der Waals surface area contributed by atoms with E-state index in [2.05, 4.69) is 17.3 Å². The van der Waals surface area contributed by atoms with Gasteiger partial charge in [0, 0.05) is 22.9 Å². The van der Waals surface area contributed by atoms with E-state index in [9.17, 15) is 5.11 Å². The normalized spacial score (nSPS) is 13.5. The first-order valence-corrected chi connectivity index (χ1v) is 10.7. The number of aryl methyl sites for hydroxylation is 2. The zero-order valence-corrected chi connectivity index (χ0v) is 18.1. The molecule has 5 rings (SSSR count). The Balaban J connectivity index is 1.36. The summed E-state index contributed by atoms with van der Waals surface area (Å²) in [5.74, 6) is 1.51. The van der Waals surface area contributed by atoms with Gasteiger partial charge in [0.25, 0.3) is 0 Å². The van der Waals surface area contributed by atoms with E-state index in [4.69, 9.17) is 14.2 Å². The van der Waals surface area contributed by atoms with Crippen LogP contribution in [-0.4, -0.2) is 15.2 Å². The SMILES string of the molecule is Cc1noc(C)c1-c1cnc2c(c1)CC=C2C(O)c1cccc(OCc2ccccc2)c1. The summed E-state index contributed by atoms with van der Waals surface area (Å²) in [6.45, 7) is 4.32. The lowest BCUT2D eigenvalue weighted by molar-refractivity contribution is 0.236. The molecule has 0 saturated heterocycles. The molecule has 0 saturated carbocycles. The van der Waals surface area contributed by atoms with Crippen molar-refractivity contribution in [2.45, 2.75) is 33.0 Å². The summed E-state index contributed by atoms with van der Waals surface area (Å²) >= 11 is 0. The zero-order valence-electron chi connectivity index (χ0n) is 18.1. The van der Waals surface area contributed by atoms with Crippen LogP contribution in [0.5, 0.6) is 5.75 Å². The fourth-order valence-electron chi connectivity index (χ4n) is 4.21. The molecule has 2 heterocycles. The molecule has 160 valence electrons. The average molecular weight is 425 g/mol. The number of nitrogens with zero attached hydrogens (tertiary/aromatic N) is 2. The van der Waals surface area contributed by atoms with Gasteiger partial charge in [-0.15, -0.1) is 0 Å². The van der Waals surface area contributed by atoms with Crippen LogP contribution in [-0.2, 0) is 13.0 Å². The minimum atomic E-state index is -0.770. The molecule has 32 heavy (non-hydrogen) atoms. The Hall–Kier alpha value is -3.70. The monoisotopic (exact) mass is 424 g/mol. The molecule has 0 bridgehead atoms. The summed E-state index contributed by atoms with van der Waals surface area (Å²) in [5.41, 5.74) is 7.46. The Morgan fingerprint density at radius 3 is 2.69 bits per heavy atom. The summed E-state index contributed by atoms with van der Waals surface area (Å²) in [4.78, 5) is 4.69. The average Bonchev–Trinajstić information content (AvgIpc) is 3.40. The number of aliphatic hydroxyl groups is 1. The molecule has 0 aliphatic heterocycles. The van der Waals surface area contributed by atoms with Crippen molar-refractivity contribution in [2.75, 3.05) is 0 Å². The number of aromatic nitrogens is 2. The zero-order chi connectivity index (χ0) is 22.1. The summed E-state index contributed by atoms with van der Waals surface area (Å²) in [5, 5.41) is 15.2. The molecular formula is C27H24N2O3. The molecule has 1 aliphatic rings. The van der Waals surface area contributed by atoms with Crippen molar-refractivity contribution in [1.29, 1.82) is 0 Å². The van der Waals surface area contributed by atoms with Gasteiger partial charge in [-0.05, 0) is 55.2 Å². The first kappa shape index (κ1) is 20.2. The standard InChI is InChI=1S/C27H24N2O3/c1-17-25(18(2)32-29-17)22-13-20-11-12-24(26(20)28-15-22)27(30)21-9-6-10-23(14-21)31-16-19-7-4-3-5-8-19/h3-10,12-15,27,30H,11,16H2,1-2H3. The molecule has 1 unspecified atom stereocenters. The Labute approximate surface area is 187 Å². The number of ether oxygens (including phenoxy) is 1. The lowest BCUT2D eigenvalue weighted by atomic mass is 9.98. The van der Waals surface area contributed by atoms with E-state index in [1.54, 1.807) is 0 Å². The molecule has 0 fully saturated rings. The maximum Gasteiger partial charge on any atom is 0.141 e. The van der Waals surface area contributed by atoms with Crippen LogP contribution in [0.4, 0.5) is 0 Å². The summed E-state index contributed by atoms with van der Waals surface area (Å²) in [7, 11) is 0. The van der Waals surface area contributed by atoms with Crippen LogP contribution in [0.3, 0.4) is 0 Å². The molecule has 0 amide bonds. The molecule has 1 atom stereocenters. The molecule has 5 nitrogen and oxygen atoms in total. The van der Waals surface area contributed by atoms with Crippen LogP contribution in [0.15, 0.2) is 77.5 Å². The lowest BCUT2D eigenvalue weighted by Crippen LogP contribution is -2.03. The second kappa shape index (κ2) is 8.44.